The van der Waals surface area contributed by atoms with Gasteiger partial charge in [0.1, 0.15) is 23.7 Å². The van der Waals surface area contributed by atoms with Crippen LogP contribution in [0.25, 0.3) is 11.2 Å². The smallest absolute Gasteiger partial charge is 0.245 e. The van der Waals surface area contributed by atoms with E-state index in [0.29, 0.717) is 23.1 Å². The molecule has 5 rings (SSSR count). The van der Waals surface area contributed by atoms with Crippen LogP contribution in [0.5, 0.6) is 0 Å². The van der Waals surface area contributed by atoms with Crippen molar-refractivity contribution in [3.63, 3.8) is 0 Å². The topological polar surface area (TPSA) is 107 Å². The molecule has 4 heterocycles. The van der Waals surface area contributed by atoms with Gasteiger partial charge in [0.15, 0.2) is 5.82 Å². The molecule has 1 aliphatic rings. The third-order valence-electron chi connectivity index (χ3n) is 5.36. The lowest BCUT2D eigenvalue weighted by Crippen LogP contribution is -2.34. The SMILES string of the molecule is N#Cc1ccccc1-n1cnc(Nc2nc(N3CCCC3CO)nn3cccc23)c1. The van der Waals surface area contributed by atoms with Gasteiger partial charge < -0.3 is 19.9 Å². The second-order valence-electron chi connectivity index (χ2n) is 7.19. The molecule has 9 nitrogen and oxygen atoms in total. The highest BCUT2D eigenvalue weighted by Crippen LogP contribution is 2.27. The Morgan fingerprint density at radius 2 is 2.13 bits per heavy atom. The van der Waals surface area contributed by atoms with E-state index in [2.05, 4.69) is 21.5 Å². The van der Waals surface area contributed by atoms with Crippen molar-refractivity contribution < 1.29 is 5.11 Å². The minimum Gasteiger partial charge on any atom is -0.394 e. The van der Waals surface area contributed by atoms with Crippen molar-refractivity contribution in [1.29, 1.82) is 5.26 Å². The number of hydrogen-bond donors (Lipinski definition) is 2. The van der Waals surface area contributed by atoms with Crippen molar-refractivity contribution in [2.45, 2.75) is 18.9 Å². The lowest BCUT2D eigenvalue weighted by atomic mass is 10.2. The standard InChI is InChI=1S/C21H20N8O/c22-11-15-5-1-2-7-17(15)27-12-19(23-14-27)24-20-18-8-4-10-29(18)26-21(25-20)28-9-3-6-16(28)13-30/h1-2,4-5,7-8,10,12,14,16,30H,3,6,9,13H2,(H,24,25,26). The normalized spacial score (nSPS) is 16.1. The van der Waals surface area contributed by atoms with Gasteiger partial charge in [0.05, 0.1) is 30.1 Å². The maximum Gasteiger partial charge on any atom is 0.245 e. The van der Waals surface area contributed by atoms with E-state index in [1.807, 2.05) is 47.6 Å². The van der Waals surface area contributed by atoms with Crippen molar-refractivity contribution in [3.05, 3.63) is 60.7 Å². The molecule has 1 saturated heterocycles. The van der Waals surface area contributed by atoms with Crippen molar-refractivity contribution in [2.75, 3.05) is 23.4 Å². The van der Waals surface area contributed by atoms with Crippen LogP contribution in [-0.4, -0.2) is 48.4 Å². The zero-order valence-electron chi connectivity index (χ0n) is 16.2. The number of fused-ring (bicyclic) bond motifs is 1. The first-order chi connectivity index (χ1) is 14.8. The summed E-state index contributed by atoms with van der Waals surface area (Å²) in [6.45, 7) is 0.898. The van der Waals surface area contributed by atoms with Crippen molar-refractivity contribution in [1.82, 2.24) is 24.1 Å². The molecule has 3 aromatic heterocycles. The molecule has 0 aliphatic carbocycles. The van der Waals surface area contributed by atoms with E-state index in [1.54, 1.807) is 21.5 Å². The van der Waals surface area contributed by atoms with Gasteiger partial charge in [-0.1, -0.05) is 12.1 Å². The highest BCUT2D eigenvalue weighted by molar-refractivity contribution is 5.73. The Kier molecular flexibility index (Phi) is 4.53. The molecule has 1 fully saturated rings. The molecule has 30 heavy (non-hydrogen) atoms. The van der Waals surface area contributed by atoms with Gasteiger partial charge in [-0.15, -0.1) is 5.10 Å². The molecule has 4 aromatic rings. The first-order valence-electron chi connectivity index (χ1n) is 9.80. The Balaban J connectivity index is 1.50. The Morgan fingerprint density at radius 3 is 3.00 bits per heavy atom. The monoisotopic (exact) mass is 400 g/mol. The number of aromatic nitrogens is 5. The maximum atomic E-state index is 9.67. The number of nitrogens with one attached hydrogen (secondary N) is 1. The van der Waals surface area contributed by atoms with E-state index in [9.17, 15) is 10.4 Å². The number of aliphatic hydroxyl groups excluding tert-OH is 1. The number of hydrogen-bond acceptors (Lipinski definition) is 7. The molecule has 1 atom stereocenters. The number of imidazole rings is 1. The molecule has 1 aromatic carbocycles. The number of rotatable bonds is 5. The van der Waals surface area contributed by atoms with Crippen LogP contribution >= 0.6 is 0 Å². The Hall–Kier alpha value is -3.90. The summed E-state index contributed by atoms with van der Waals surface area (Å²) in [5, 5.41) is 26.9. The van der Waals surface area contributed by atoms with E-state index in [4.69, 9.17) is 4.98 Å². The summed E-state index contributed by atoms with van der Waals surface area (Å²) in [5.74, 6) is 1.81. The second kappa shape index (κ2) is 7.50. The fourth-order valence-electron chi connectivity index (χ4n) is 3.86. The maximum absolute atomic E-state index is 9.67. The third-order valence-corrected chi connectivity index (χ3v) is 5.36. The minimum atomic E-state index is 0.0348. The predicted octanol–water partition coefficient (Wildman–Crippen LogP) is 2.49. The highest BCUT2D eigenvalue weighted by atomic mass is 16.3. The second-order valence-corrected chi connectivity index (χ2v) is 7.19. The minimum absolute atomic E-state index is 0.0348. The van der Waals surface area contributed by atoms with E-state index < -0.39 is 0 Å². The average Bonchev–Trinajstić information content (AvgIpc) is 3.53. The summed E-state index contributed by atoms with van der Waals surface area (Å²) in [6, 6.07) is 13.5. The van der Waals surface area contributed by atoms with E-state index in [-0.39, 0.29) is 12.6 Å². The molecule has 150 valence electrons. The summed E-state index contributed by atoms with van der Waals surface area (Å²) in [7, 11) is 0. The van der Waals surface area contributed by atoms with Crippen LogP contribution in [0, 0.1) is 11.3 Å². The van der Waals surface area contributed by atoms with Crippen LogP contribution in [0.3, 0.4) is 0 Å². The lowest BCUT2D eigenvalue weighted by Gasteiger charge is -2.23. The molecule has 0 radical (unpaired) electrons. The molecule has 0 spiro atoms. The van der Waals surface area contributed by atoms with Gasteiger partial charge in [0, 0.05) is 12.7 Å². The fraction of sp³-hybridized carbons (Fsp3) is 0.238. The number of aliphatic hydroxyl groups is 1. The number of benzene rings is 1. The first-order valence-corrected chi connectivity index (χ1v) is 9.80. The van der Waals surface area contributed by atoms with Crippen LogP contribution < -0.4 is 10.2 Å². The quantitative estimate of drug-likeness (QED) is 0.530. The number of nitriles is 1. The van der Waals surface area contributed by atoms with Crippen molar-refractivity contribution >= 4 is 23.1 Å². The molecule has 0 saturated carbocycles. The van der Waals surface area contributed by atoms with E-state index in [0.717, 1.165) is 30.6 Å². The summed E-state index contributed by atoms with van der Waals surface area (Å²) in [4.78, 5) is 11.2. The average molecular weight is 400 g/mol. The Labute approximate surface area is 172 Å². The van der Waals surface area contributed by atoms with Crippen LogP contribution in [0.1, 0.15) is 18.4 Å². The van der Waals surface area contributed by atoms with Crippen LogP contribution in [0.4, 0.5) is 17.6 Å². The fourth-order valence-corrected chi connectivity index (χ4v) is 3.86. The van der Waals surface area contributed by atoms with Gasteiger partial charge in [-0.25, -0.2) is 9.50 Å². The molecule has 0 amide bonds. The number of para-hydroxylation sites is 1. The van der Waals surface area contributed by atoms with Gasteiger partial charge in [0.2, 0.25) is 5.95 Å². The molecular formula is C21H20N8O. The Bertz CT molecular complexity index is 1240. The molecule has 1 aliphatic heterocycles. The van der Waals surface area contributed by atoms with Gasteiger partial charge >= 0.3 is 0 Å². The number of anilines is 3. The van der Waals surface area contributed by atoms with Crippen LogP contribution in [0.2, 0.25) is 0 Å². The van der Waals surface area contributed by atoms with Gasteiger partial charge in [-0.3, -0.25) is 0 Å². The number of nitrogens with zero attached hydrogens (tertiary/aromatic N) is 7. The molecule has 9 heteroatoms. The summed E-state index contributed by atoms with van der Waals surface area (Å²) in [6.07, 6.45) is 7.29. The van der Waals surface area contributed by atoms with Crippen molar-refractivity contribution in [2.24, 2.45) is 0 Å². The zero-order valence-corrected chi connectivity index (χ0v) is 16.2. The third kappa shape index (κ3) is 3.13. The first kappa shape index (κ1) is 18.1. The van der Waals surface area contributed by atoms with Crippen molar-refractivity contribution in [3.8, 4) is 11.8 Å². The van der Waals surface area contributed by atoms with E-state index >= 15 is 0 Å². The summed E-state index contributed by atoms with van der Waals surface area (Å²) >= 11 is 0. The Morgan fingerprint density at radius 1 is 1.23 bits per heavy atom. The summed E-state index contributed by atoms with van der Waals surface area (Å²) < 4.78 is 3.58. The molecular weight excluding hydrogens is 380 g/mol. The van der Waals surface area contributed by atoms with Gasteiger partial charge in [-0.2, -0.15) is 10.2 Å². The highest BCUT2D eigenvalue weighted by Gasteiger charge is 2.27. The molecule has 0 bridgehead atoms. The van der Waals surface area contributed by atoms with Gasteiger partial charge in [0.25, 0.3) is 0 Å². The zero-order chi connectivity index (χ0) is 20.5. The molecule has 2 N–H and O–H groups in total. The van der Waals surface area contributed by atoms with Crippen LogP contribution in [0.15, 0.2) is 55.1 Å². The largest absolute Gasteiger partial charge is 0.394 e. The predicted molar refractivity (Wildman–Crippen MR) is 112 cm³/mol. The van der Waals surface area contributed by atoms with Gasteiger partial charge in [-0.05, 0) is 37.1 Å². The summed E-state index contributed by atoms with van der Waals surface area (Å²) in [5.41, 5.74) is 2.16. The lowest BCUT2D eigenvalue weighted by molar-refractivity contribution is 0.265. The van der Waals surface area contributed by atoms with E-state index in [1.165, 1.54) is 0 Å². The molecule has 1 unspecified atom stereocenters. The van der Waals surface area contributed by atoms with Crippen LogP contribution in [-0.2, 0) is 0 Å².